The van der Waals surface area contributed by atoms with E-state index in [2.05, 4.69) is 32.6 Å². The van der Waals surface area contributed by atoms with Gasteiger partial charge in [-0.15, -0.1) is 11.8 Å². The van der Waals surface area contributed by atoms with Crippen molar-refractivity contribution in [3.63, 3.8) is 0 Å². The predicted octanol–water partition coefficient (Wildman–Crippen LogP) is 2.65. The first-order valence-corrected chi connectivity index (χ1v) is 3.56. The average Bonchev–Trinajstić information content (AvgIpc) is 1.80. The Morgan fingerprint density at radius 3 is 2.56 bits per heavy atom. The van der Waals surface area contributed by atoms with Crippen LogP contribution in [-0.4, -0.2) is 0 Å². The van der Waals surface area contributed by atoms with Crippen molar-refractivity contribution >= 4 is 0 Å². The second-order valence-electron chi connectivity index (χ2n) is 2.41. The quantitative estimate of drug-likeness (QED) is 0.495. The fraction of sp³-hybridized carbons (Fsp3) is 0.667. The Morgan fingerprint density at radius 1 is 1.44 bits per heavy atom. The van der Waals surface area contributed by atoms with E-state index in [-0.39, 0.29) is 0 Å². The molecule has 0 spiro atoms. The fourth-order valence-electron chi connectivity index (χ4n) is 0.460. The maximum Gasteiger partial charge on any atom is 0.0114 e. The molecule has 0 aliphatic carbocycles. The Labute approximate surface area is 58.7 Å². The topological polar surface area (TPSA) is 0 Å². The van der Waals surface area contributed by atoms with Gasteiger partial charge in [-0.2, -0.15) is 0 Å². The van der Waals surface area contributed by atoms with E-state index >= 15 is 0 Å². The molecule has 0 N–H and O–H groups in total. The molecule has 0 aliphatic rings. The molecule has 0 nitrogen and oxygen atoms in total. The lowest BCUT2D eigenvalue weighted by Gasteiger charge is -1.91. The van der Waals surface area contributed by atoms with Crippen LogP contribution in [0.15, 0.2) is 0 Å². The SMILES string of the molecule is [CH2]C(C)CC#CCCC. The van der Waals surface area contributed by atoms with Crippen LogP contribution < -0.4 is 0 Å². The molecule has 0 aliphatic heterocycles. The lowest BCUT2D eigenvalue weighted by molar-refractivity contribution is 0.754. The molecule has 0 rings (SSSR count). The number of hydrogen-bond donors (Lipinski definition) is 0. The maximum absolute atomic E-state index is 3.83. The van der Waals surface area contributed by atoms with Gasteiger partial charge in [0.1, 0.15) is 0 Å². The lowest BCUT2D eigenvalue weighted by atomic mass is 10.1. The van der Waals surface area contributed by atoms with E-state index in [4.69, 9.17) is 0 Å². The zero-order chi connectivity index (χ0) is 7.11. The molecule has 0 heterocycles. The summed E-state index contributed by atoms with van der Waals surface area (Å²) in [6, 6.07) is 0. The van der Waals surface area contributed by atoms with Crippen molar-refractivity contribution in [3.05, 3.63) is 6.92 Å². The van der Waals surface area contributed by atoms with Crippen LogP contribution in [0.25, 0.3) is 0 Å². The van der Waals surface area contributed by atoms with E-state index in [1.807, 2.05) is 0 Å². The van der Waals surface area contributed by atoms with Crippen LogP contribution in [0.2, 0.25) is 0 Å². The summed E-state index contributed by atoms with van der Waals surface area (Å²) >= 11 is 0. The van der Waals surface area contributed by atoms with Gasteiger partial charge in [-0.3, -0.25) is 0 Å². The monoisotopic (exact) mass is 123 g/mol. The highest BCUT2D eigenvalue weighted by Crippen LogP contribution is 1.95. The highest BCUT2D eigenvalue weighted by Gasteiger charge is 1.85. The van der Waals surface area contributed by atoms with Crippen molar-refractivity contribution in [2.24, 2.45) is 5.92 Å². The largest absolute Gasteiger partial charge is 0.103 e. The third kappa shape index (κ3) is 7.56. The first-order chi connectivity index (χ1) is 4.27. The van der Waals surface area contributed by atoms with Crippen LogP contribution in [0.5, 0.6) is 0 Å². The van der Waals surface area contributed by atoms with Gasteiger partial charge in [-0.1, -0.05) is 13.8 Å². The first-order valence-electron chi connectivity index (χ1n) is 3.56. The third-order valence-corrected chi connectivity index (χ3v) is 0.951. The van der Waals surface area contributed by atoms with Crippen molar-refractivity contribution in [3.8, 4) is 11.8 Å². The maximum atomic E-state index is 3.83. The highest BCUT2D eigenvalue weighted by atomic mass is 13.9. The zero-order valence-electron chi connectivity index (χ0n) is 6.41. The molecule has 0 aromatic carbocycles. The normalized spacial score (nSPS) is 8.89. The molecule has 0 fully saturated rings. The molecule has 9 heavy (non-hydrogen) atoms. The highest BCUT2D eigenvalue weighted by molar-refractivity contribution is 4.99. The molecule has 0 amide bonds. The molecule has 0 bridgehead atoms. The van der Waals surface area contributed by atoms with Gasteiger partial charge in [0.25, 0.3) is 0 Å². The second kappa shape index (κ2) is 5.69. The van der Waals surface area contributed by atoms with Crippen LogP contribution in [0.3, 0.4) is 0 Å². The molecule has 51 valence electrons. The van der Waals surface area contributed by atoms with Gasteiger partial charge in [0.05, 0.1) is 0 Å². The van der Waals surface area contributed by atoms with Crippen molar-refractivity contribution in [1.29, 1.82) is 0 Å². The summed E-state index contributed by atoms with van der Waals surface area (Å²) in [5, 5.41) is 0. The number of rotatable bonds is 2. The number of hydrogen-bond acceptors (Lipinski definition) is 0. The van der Waals surface area contributed by atoms with Crippen LogP contribution in [0, 0.1) is 24.7 Å². The van der Waals surface area contributed by atoms with E-state index < -0.39 is 0 Å². The van der Waals surface area contributed by atoms with E-state index in [0.29, 0.717) is 5.92 Å². The smallest absolute Gasteiger partial charge is 0.0114 e. The van der Waals surface area contributed by atoms with Crippen LogP contribution in [0.1, 0.15) is 33.1 Å². The molecule has 0 heteroatoms. The van der Waals surface area contributed by atoms with Crippen molar-refractivity contribution in [2.45, 2.75) is 33.1 Å². The molecular formula is C9H15. The summed E-state index contributed by atoms with van der Waals surface area (Å²) in [4.78, 5) is 0. The Hall–Kier alpha value is -0.440. The van der Waals surface area contributed by atoms with Crippen molar-refractivity contribution < 1.29 is 0 Å². The zero-order valence-corrected chi connectivity index (χ0v) is 6.41. The molecule has 0 saturated carbocycles. The Bertz CT molecular complexity index is 101. The standard InChI is InChI=1S/C9H15/c1-4-5-6-7-8-9(2)3/h9H,2,4-5,8H2,1,3H3. The predicted molar refractivity (Wildman–Crippen MR) is 41.8 cm³/mol. The Morgan fingerprint density at radius 2 is 2.11 bits per heavy atom. The van der Waals surface area contributed by atoms with Gasteiger partial charge in [-0.25, -0.2) is 0 Å². The van der Waals surface area contributed by atoms with E-state index in [1.54, 1.807) is 0 Å². The van der Waals surface area contributed by atoms with Gasteiger partial charge in [0.2, 0.25) is 0 Å². The minimum Gasteiger partial charge on any atom is -0.103 e. The molecule has 1 unspecified atom stereocenters. The number of unbranched alkanes of at least 4 members (excludes halogenated alkanes) is 1. The van der Waals surface area contributed by atoms with Crippen molar-refractivity contribution in [2.75, 3.05) is 0 Å². The Balaban J connectivity index is 3.16. The Kier molecular flexibility index (Phi) is 5.41. The lowest BCUT2D eigenvalue weighted by Crippen LogP contribution is -1.81. The minimum atomic E-state index is 0.481. The van der Waals surface area contributed by atoms with E-state index in [1.165, 1.54) is 6.42 Å². The van der Waals surface area contributed by atoms with Crippen LogP contribution in [0.4, 0.5) is 0 Å². The minimum absolute atomic E-state index is 0.481. The van der Waals surface area contributed by atoms with Gasteiger partial charge >= 0.3 is 0 Å². The van der Waals surface area contributed by atoms with Gasteiger partial charge in [0.15, 0.2) is 0 Å². The van der Waals surface area contributed by atoms with Gasteiger partial charge < -0.3 is 0 Å². The van der Waals surface area contributed by atoms with Gasteiger partial charge in [-0.05, 0) is 19.3 Å². The summed E-state index contributed by atoms with van der Waals surface area (Å²) in [7, 11) is 0. The van der Waals surface area contributed by atoms with Crippen molar-refractivity contribution in [1.82, 2.24) is 0 Å². The van der Waals surface area contributed by atoms with E-state index in [9.17, 15) is 0 Å². The summed E-state index contributed by atoms with van der Waals surface area (Å²) in [5.41, 5.74) is 0. The summed E-state index contributed by atoms with van der Waals surface area (Å²) in [6.45, 7) is 8.06. The summed E-state index contributed by atoms with van der Waals surface area (Å²) in [6.07, 6.45) is 3.14. The summed E-state index contributed by atoms with van der Waals surface area (Å²) < 4.78 is 0. The molecule has 0 saturated heterocycles. The fourth-order valence-corrected chi connectivity index (χ4v) is 0.460. The molecule has 0 aromatic rings. The molecule has 0 aromatic heterocycles. The van der Waals surface area contributed by atoms with E-state index in [0.717, 1.165) is 12.8 Å². The average molecular weight is 123 g/mol. The van der Waals surface area contributed by atoms with Gasteiger partial charge in [0, 0.05) is 12.8 Å². The first kappa shape index (κ1) is 8.56. The molecule has 1 atom stereocenters. The summed E-state index contributed by atoms with van der Waals surface area (Å²) in [5.74, 6) is 6.63. The second-order valence-corrected chi connectivity index (χ2v) is 2.41. The molecular weight excluding hydrogens is 108 g/mol. The van der Waals surface area contributed by atoms with Crippen LogP contribution in [-0.2, 0) is 0 Å². The third-order valence-electron chi connectivity index (χ3n) is 0.951. The van der Waals surface area contributed by atoms with Crippen LogP contribution >= 0.6 is 0 Å². The molecule has 1 radical (unpaired) electrons.